The van der Waals surface area contributed by atoms with Crippen molar-refractivity contribution in [1.82, 2.24) is 10.5 Å². The number of hydrogen-bond donors (Lipinski definition) is 2. The number of nitrogens with one attached hydrogen (secondary N) is 1. The summed E-state index contributed by atoms with van der Waals surface area (Å²) in [7, 11) is 0. The normalized spacial score (nSPS) is 16.2. The minimum atomic E-state index is -0.620. The smallest absolute Gasteiger partial charge is 0.328 e. The lowest BCUT2D eigenvalue weighted by molar-refractivity contribution is -0.151. The fourth-order valence-electron chi connectivity index (χ4n) is 0.917. The van der Waals surface area contributed by atoms with Crippen LogP contribution in [0.25, 0.3) is 0 Å². The second-order valence-electron chi connectivity index (χ2n) is 2.44. The molecule has 0 unspecified atom stereocenters. The van der Waals surface area contributed by atoms with E-state index in [1.807, 2.05) is 0 Å². The van der Waals surface area contributed by atoms with E-state index in [0.29, 0.717) is 0 Å². The maximum Gasteiger partial charge on any atom is 0.328 e. The third-order valence-electron chi connectivity index (χ3n) is 1.55. The minimum Gasteiger partial charge on any atom is -0.356 e. The third-order valence-corrected chi connectivity index (χ3v) is 2.41. The van der Waals surface area contributed by atoms with Crippen LogP contribution in [0.4, 0.5) is 4.79 Å². The number of nitrogens with zero attached hydrogens (tertiary/aromatic N) is 1. The molecule has 0 atom stereocenters. The average molecular weight is 219 g/mol. The van der Waals surface area contributed by atoms with Crippen molar-refractivity contribution in [3.8, 4) is 0 Å². The first-order chi connectivity index (χ1) is 6.65. The number of carbonyl (C=O) groups is 3. The summed E-state index contributed by atoms with van der Waals surface area (Å²) in [5, 5.41) is -0.330. The number of nitrogens with two attached hydrogens (primary N) is 1. The number of hydrazine groups is 1. The molecule has 0 aromatic rings. The summed E-state index contributed by atoms with van der Waals surface area (Å²) < 4.78 is 0. The van der Waals surface area contributed by atoms with Crippen LogP contribution in [0.15, 0.2) is 0 Å². The second-order valence-corrected chi connectivity index (χ2v) is 3.37. The summed E-state index contributed by atoms with van der Waals surface area (Å²) >= 11 is 0.924. The molecule has 0 aliphatic carbocycles. The Labute approximate surface area is 83.9 Å². The zero-order valence-electron chi connectivity index (χ0n) is 7.19. The van der Waals surface area contributed by atoms with Crippen LogP contribution in [0, 0.1) is 0 Å². The highest BCUT2D eigenvalue weighted by Crippen LogP contribution is 2.18. The Morgan fingerprint density at radius 2 is 2.36 bits per heavy atom. The Balaban J connectivity index is 2.33. The first-order valence-corrected chi connectivity index (χ1v) is 4.76. The molecule has 0 radical (unpaired) electrons. The van der Waals surface area contributed by atoms with Gasteiger partial charge < -0.3 is 4.84 Å². The summed E-state index contributed by atoms with van der Waals surface area (Å²) in [6.07, 6.45) is -0.0672. The van der Waals surface area contributed by atoms with Gasteiger partial charge in [0.2, 0.25) is 5.91 Å². The van der Waals surface area contributed by atoms with Crippen molar-refractivity contribution in [2.24, 2.45) is 5.84 Å². The van der Waals surface area contributed by atoms with Gasteiger partial charge in [-0.2, -0.15) is 0 Å². The van der Waals surface area contributed by atoms with E-state index in [-0.39, 0.29) is 29.9 Å². The summed E-state index contributed by atoms with van der Waals surface area (Å²) in [5.41, 5.74) is 1.72. The van der Waals surface area contributed by atoms with Crippen molar-refractivity contribution in [1.29, 1.82) is 0 Å². The molecule has 0 spiro atoms. The quantitative estimate of drug-likeness (QED) is 0.461. The Kier molecular flexibility index (Phi) is 3.86. The molecular formula is C6H9N3O4S. The molecule has 78 valence electrons. The van der Waals surface area contributed by atoms with Gasteiger partial charge in [0, 0.05) is 6.54 Å². The minimum absolute atomic E-state index is 0.0329. The van der Waals surface area contributed by atoms with E-state index in [0.717, 1.165) is 16.7 Å². The molecule has 1 fully saturated rings. The van der Waals surface area contributed by atoms with Gasteiger partial charge in [-0.3, -0.25) is 19.3 Å². The van der Waals surface area contributed by atoms with Crippen molar-refractivity contribution in [3.63, 3.8) is 0 Å². The van der Waals surface area contributed by atoms with Crippen LogP contribution in [0.1, 0.15) is 6.42 Å². The van der Waals surface area contributed by atoms with E-state index >= 15 is 0 Å². The number of imide groups is 1. The van der Waals surface area contributed by atoms with Crippen LogP contribution >= 0.6 is 11.8 Å². The van der Waals surface area contributed by atoms with E-state index in [4.69, 9.17) is 5.84 Å². The highest BCUT2D eigenvalue weighted by atomic mass is 32.2. The van der Waals surface area contributed by atoms with Crippen molar-refractivity contribution in [2.75, 3.05) is 12.3 Å². The molecule has 14 heavy (non-hydrogen) atoms. The molecule has 1 rings (SSSR count). The van der Waals surface area contributed by atoms with E-state index < -0.39 is 5.97 Å². The van der Waals surface area contributed by atoms with E-state index in [2.05, 4.69) is 4.84 Å². The number of carbonyl (C=O) groups excluding carboxylic acids is 3. The maximum atomic E-state index is 11.0. The van der Waals surface area contributed by atoms with Gasteiger partial charge in [0.25, 0.3) is 5.24 Å². The molecule has 1 saturated heterocycles. The van der Waals surface area contributed by atoms with Gasteiger partial charge in [0.05, 0.1) is 12.2 Å². The summed E-state index contributed by atoms with van der Waals surface area (Å²) in [5.74, 6) is 3.96. The largest absolute Gasteiger partial charge is 0.356 e. The molecule has 0 aromatic heterocycles. The third kappa shape index (κ3) is 2.69. The van der Waals surface area contributed by atoms with Crippen LogP contribution in [-0.4, -0.2) is 34.3 Å². The number of amides is 2. The fourth-order valence-corrected chi connectivity index (χ4v) is 1.67. The Morgan fingerprint density at radius 1 is 1.64 bits per heavy atom. The van der Waals surface area contributed by atoms with Crippen LogP contribution in [0.2, 0.25) is 0 Å². The van der Waals surface area contributed by atoms with E-state index in [1.54, 1.807) is 5.59 Å². The number of thioether (sulfide) groups is 1. The molecule has 3 N–H and O–H groups in total. The lowest BCUT2D eigenvalue weighted by atomic mass is 10.4. The zero-order chi connectivity index (χ0) is 10.6. The highest BCUT2D eigenvalue weighted by molar-refractivity contribution is 8.14. The molecule has 0 bridgehead atoms. The molecule has 8 heteroatoms. The molecule has 1 aliphatic heterocycles. The standard InChI is InChI=1S/C6H9N3O4S/c7-8-13-5(11)1-2-9-4(10)3-14-6(9)12/h8H,1-3,7H2. The second kappa shape index (κ2) is 4.94. The van der Waals surface area contributed by atoms with Crippen molar-refractivity contribution < 1.29 is 19.2 Å². The van der Waals surface area contributed by atoms with Gasteiger partial charge in [-0.15, -0.1) is 0 Å². The Morgan fingerprint density at radius 3 is 2.86 bits per heavy atom. The predicted octanol–water partition coefficient (Wildman–Crippen LogP) is -1.01. The van der Waals surface area contributed by atoms with Gasteiger partial charge in [0.15, 0.2) is 0 Å². The van der Waals surface area contributed by atoms with Gasteiger partial charge in [-0.25, -0.2) is 5.84 Å². The van der Waals surface area contributed by atoms with Crippen molar-refractivity contribution in [2.45, 2.75) is 6.42 Å². The molecule has 7 nitrogen and oxygen atoms in total. The summed E-state index contributed by atoms with van der Waals surface area (Å²) in [6, 6.07) is 0. The molecule has 0 aromatic carbocycles. The first kappa shape index (κ1) is 11.0. The van der Waals surface area contributed by atoms with Crippen molar-refractivity contribution >= 4 is 28.9 Å². The van der Waals surface area contributed by atoms with Crippen LogP contribution in [0.3, 0.4) is 0 Å². The van der Waals surface area contributed by atoms with Gasteiger partial charge in [-0.1, -0.05) is 17.4 Å². The molecule has 1 aliphatic rings. The topological polar surface area (TPSA) is 102 Å². The lowest BCUT2D eigenvalue weighted by Crippen LogP contribution is -2.33. The Hall–Kier alpha value is -1.12. The Bertz CT molecular complexity index is 254. The fraction of sp³-hybridized carbons (Fsp3) is 0.500. The molecule has 2 amide bonds. The monoisotopic (exact) mass is 219 g/mol. The average Bonchev–Trinajstić information content (AvgIpc) is 2.44. The van der Waals surface area contributed by atoms with Gasteiger partial charge >= 0.3 is 5.97 Å². The van der Waals surface area contributed by atoms with Gasteiger partial charge in [-0.05, 0) is 0 Å². The van der Waals surface area contributed by atoms with Crippen LogP contribution < -0.4 is 11.4 Å². The summed E-state index contributed by atoms with van der Waals surface area (Å²) in [6.45, 7) is 0.0329. The highest BCUT2D eigenvalue weighted by Gasteiger charge is 2.29. The summed E-state index contributed by atoms with van der Waals surface area (Å²) in [4.78, 5) is 38.1. The maximum absolute atomic E-state index is 11.0. The SMILES string of the molecule is NNOC(=O)CCN1C(=O)CSC1=O. The predicted molar refractivity (Wildman–Crippen MR) is 47.6 cm³/mol. The van der Waals surface area contributed by atoms with E-state index in [9.17, 15) is 14.4 Å². The number of hydrogen-bond acceptors (Lipinski definition) is 7. The number of rotatable bonds is 4. The molecule has 1 heterocycles. The van der Waals surface area contributed by atoms with Crippen LogP contribution in [-0.2, 0) is 14.4 Å². The molecular weight excluding hydrogens is 210 g/mol. The van der Waals surface area contributed by atoms with E-state index in [1.165, 1.54) is 0 Å². The van der Waals surface area contributed by atoms with Crippen molar-refractivity contribution in [3.05, 3.63) is 0 Å². The van der Waals surface area contributed by atoms with Gasteiger partial charge in [0.1, 0.15) is 0 Å². The first-order valence-electron chi connectivity index (χ1n) is 3.77. The van der Waals surface area contributed by atoms with Crippen LogP contribution in [0.5, 0.6) is 0 Å². The molecule has 0 saturated carbocycles. The lowest BCUT2D eigenvalue weighted by Gasteiger charge is -2.10. The zero-order valence-corrected chi connectivity index (χ0v) is 8.00.